The van der Waals surface area contributed by atoms with Crippen molar-refractivity contribution in [1.82, 2.24) is 24.6 Å². The van der Waals surface area contributed by atoms with Crippen molar-refractivity contribution in [3.63, 3.8) is 0 Å². The molecule has 3 heterocycles. The molecule has 3 rings (SSSR count). The van der Waals surface area contributed by atoms with Crippen LogP contribution >= 0.6 is 0 Å². The molecule has 25 heavy (non-hydrogen) atoms. The van der Waals surface area contributed by atoms with E-state index in [1.165, 1.54) is 0 Å². The number of pyridine rings is 1. The van der Waals surface area contributed by atoms with Crippen molar-refractivity contribution in [1.29, 1.82) is 5.26 Å². The van der Waals surface area contributed by atoms with Gasteiger partial charge in [-0.3, -0.25) is 4.79 Å². The third-order valence-corrected chi connectivity index (χ3v) is 4.58. The van der Waals surface area contributed by atoms with Crippen molar-refractivity contribution in [2.75, 3.05) is 31.6 Å². The summed E-state index contributed by atoms with van der Waals surface area (Å²) in [6.07, 6.45) is 6.53. The van der Waals surface area contributed by atoms with Crippen LogP contribution in [-0.4, -0.2) is 57.2 Å². The lowest BCUT2D eigenvalue weighted by molar-refractivity contribution is -0.134. The van der Waals surface area contributed by atoms with Crippen LogP contribution < -0.4 is 4.90 Å². The molecule has 8 heteroatoms. The predicted octanol–water partition coefficient (Wildman–Crippen LogP) is 0.920. The van der Waals surface area contributed by atoms with Crippen molar-refractivity contribution < 1.29 is 4.79 Å². The van der Waals surface area contributed by atoms with E-state index < -0.39 is 0 Å². The van der Waals surface area contributed by atoms with Crippen molar-refractivity contribution in [3.05, 3.63) is 36.5 Å². The summed E-state index contributed by atoms with van der Waals surface area (Å²) in [7, 11) is 1.85. The van der Waals surface area contributed by atoms with Gasteiger partial charge >= 0.3 is 0 Å². The van der Waals surface area contributed by atoms with E-state index in [4.69, 9.17) is 5.26 Å². The summed E-state index contributed by atoms with van der Waals surface area (Å²) >= 11 is 0. The zero-order valence-corrected chi connectivity index (χ0v) is 14.2. The maximum atomic E-state index is 12.6. The molecule has 0 bridgehead atoms. The lowest BCUT2D eigenvalue weighted by Gasteiger charge is -2.33. The molecule has 0 N–H and O–H groups in total. The van der Waals surface area contributed by atoms with E-state index >= 15 is 0 Å². The van der Waals surface area contributed by atoms with E-state index in [1.54, 1.807) is 29.8 Å². The van der Waals surface area contributed by atoms with Crippen LogP contribution in [0.3, 0.4) is 0 Å². The first-order valence-electron chi connectivity index (χ1n) is 8.36. The number of hydrogen-bond acceptors (Lipinski definition) is 6. The number of aromatic nitrogens is 4. The molecule has 0 aromatic carbocycles. The second kappa shape index (κ2) is 7.75. The zero-order chi connectivity index (χ0) is 17.6. The van der Waals surface area contributed by atoms with E-state index in [0.29, 0.717) is 18.7 Å². The van der Waals surface area contributed by atoms with Crippen molar-refractivity contribution >= 4 is 11.7 Å². The molecule has 1 aliphatic rings. The number of nitriles is 1. The SMILES string of the molecule is CN(CCn1cnnc1)C(=O)C1CCN(c2ccc(C#N)cn2)CC1. The fourth-order valence-electron chi connectivity index (χ4n) is 3.02. The zero-order valence-electron chi connectivity index (χ0n) is 14.2. The highest BCUT2D eigenvalue weighted by atomic mass is 16.2. The minimum atomic E-state index is 0.0561. The van der Waals surface area contributed by atoms with E-state index in [1.807, 2.05) is 17.7 Å². The Bertz CT molecular complexity index is 727. The third kappa shape index (κ3) is 4.12. The van der Waals surface area contributed by atoms with Gasteiger partial charge in [0.25, 0.3) is 0 Å². The quantitative estimate of drug-likeness (QED) is 0.804. The maximum absolute atomic E-state index is 12.6. The van der Waals surface area contributed by atoms with E-state index in [2.05, 4.69) is 26.2 Å². The Kier molecular flexibility index (Phi) is 5.23. The van der Waals surface area contributed by atoms with Gasteiger partial charge in [-0.1, -0.05) is 0 Å². The molecule has 1 saturated heterocycles. The van der Waals surface area contributed by atoms with Crippen molar-refractivity contribution in [2.24, 2.45) is 5.92 Å². The highest BCUT2D eigenvalue weighted by Gasteiger charge is 2.27. The average molecular weight is 339 g/mol. The van der Waals surface area contributed by atoms with Crippen LogP contribution in [0.25, 0.3) is 0 Å². The molecule has 0 spiro atoms. The Hall–Kier alpha value is -2.95. The van der Waals surface area contributed by atoms with Crippen molar-refractivity contribution in [2.45, 2.75) is 19.4 Å². The maximum Gasteiger partial charge on any atom is 0.225 e. The molecule has 0 saturated carbocycles. The van der Waals surface area contributed by atoms with E-state index in [0.717, 1.165) is 31.7 Å². The predicted molar refractivity (Wildman–Crippen MR) is 91.5 cm³/mol. The largest absolute Gasteiger partial charge is 0.357 e. The van der Waals surface area contributed by atoms with Crippen LogP contribution in [0.1, 0.15) is 18.4 Å². The molecule has 1 fully saturated rings. The lowest BCUT2D eigenvalue weighted by atomic mass is 9.95. The summed E-state index contributed by atoms with van der Waals surface area (Å²) in [5, 5.41) is 16.4. The smallest absolute Gasteiger partial charge is 0.225 e. The second-order valence-electron chi connectivity index (χ2n) is 6.24. The Morgan fingerprint density at radius 1 is 1.32 bits per heavy atom. The number of rotatable bonds is 5. The highest BCUT2D eigenvalue weighted by molar-refractivity contribution is 5.78. The molecule has 2 aromatic rings. The summed E-state index contributed by atoms with van der Waals surface area (Å²) < 4.78 is 1.86. The minimum absolute atomic E-state index is 0.0561. The number of likely N-dealkylation sites (N-methyl/N-ethyl adjacent to an activating group) is 1. The average Bonchev–Trinajstić information content (AvgIpc) is 3.19. The number of carbonyl (C=O) groups is 1. The first-order valence-corrected chi connectivity index (χ1v) is 8.36. The highest BCUT2D eigenvalue weighted by Crippen LogP contribution is 2.23. The molecular weight excluding hydrogens is 318 g/mol. The van der Waals surface area contributed by atoms with Crippen LogP contribution in [0.4, 0.5) is 5.82 Å². The monoisotopic (exact) mass is 339 g/mol. The molecule has 0 radical (unpaired) electrons. The summed E-state index contributed by atoms with van der Waals surface area (Å²) in [6, 6.07) is 5.72. The summed E-state index contributed by atoms with van der Waals surface area (Å²) in [6.45, 7) is 2.95. The van der Waals surface area contributed by atoms with E-state index in [9.17, 15) is 4.79 Å². The summed E-state index contributed by atoms with van der Waals surface area (Å²) in [5.74, 6) is 1.12. The van der Waals surface area contributed by atoms with Gasteiger partial charge in [0.2, 0.25) is 5.91 Å². The number of carbonyl (C=O) groups excluding carboxylic acids is 1. The lowest BCUT2D eigenvalue weighted by Crippen LogP contribution is -2.42. The molecule has 1 aliphatic heterocycles. The minimum Gasteiger partial charge on any atom is -0.357 e. The first kappa shape index (κ1) is 16.9. The van der Waals surface area contributed by atoms with E-state index in [-0.39, 0.29) is 11.8 Å². The van der Waals surface area contributed by atoms with Gasteiger partial charge in [-0.25, -0.2) is 4.98 Å². The normalized spacial score (nSPS) is 15.0. The first-order chi connectivity index (χ1) is 12.2. The molecule has 2 aromatic heterocycles. The Labute approximate surface area is 146 Å². The van der Waals surface area contributed by atoms with Crippen LogP contribution in [0.15, 0.2) is 31.0 Å². The van der Waals surface area contributed by atoms with Gasteiger partial charge in [0.15, 0.2) is 0 Å². The van der Waals surface area contributed by atoms with Crippen LogP contribution in [0.2, 0.25) is 0 Å². The topological polar surface area (TPSA) is 90.9 Å². The number of hydrogen-bond donors (Lipinski definition) is 0. The molecule has 0 aliphatic carbocycles. The molecule has 0 unspecified atom stereocenters. The summed E-state index contributed by atoms with van der Waals surface area (Å²) in [4.78, 5) is 20.9. The van der Waals surface area contributed by atoms with Crippen LogP contribution in [0, 0.1) is 17.2 Å². The molecule has 8 nitrogen and oxygen atoms in total. The summed E-state index contributed by atoms with van der Waals surface area (Å²) in [5.41, 5.74) is 0.559. The van der Waals surface area contributed by atoms with Gasteiger partial charge < -0.3 is 14.4 Å². The van der Waals surface area contributed by atoms with Crippen LogP contribution in [0.5, 0.6) is 0 Å². The Balaban J connectivity index is 1.49. The third-order valence-electron chi connectivity index (χ3n) is 4.58. The fraction of sp³-hybridized carbons (Fsp3) is 0.471. The van der Waals surface area contributed by atoms with Gasteiger partial charge in [-0.05, 0) is 25.0 Å². The van der Waals surface area contributed by atoms with Gasteiger partial charge in [-0.2, -0.15) is 5.26 Å². The van der Waals surface area contributed by atoms with Crippen LogP contribution in [-0.2, 0) is 11.3 Å². The number of anilines is 1. The Morgan fingerprint density at radius 3 is 2.64 bits per heavy atom. The van der Waals surface area contributed by atoms with Gasteiger partial charge in [0.1, 0.15) is 24.5 Å². The number of nitrogens with zero attached hydrogens (tertiary/aromatic N) is 7. The number of piperidine rings is 1. The van der Waals surface area contributed by atoms with Gasteiger partial charge in [-0.15, -0.1) is 10.2 Å². The Morgan fingerprint density at radius 2 is 2.04 bits per heavy atom. The number of amides is 1. The van der Waals surface area contributed by atoms with Gasteiger partial charge in [0, 0.05) is 45.3 Å². The van der Waals surface area contributed by atoms with Gasteiger partial charge in [0.05, 0.1) is 5.56 Å². The standard InChI is InChI=1S/C17H21N7O/c1-22(8-9-23-12-20-21-13-23)17(25)15-4-6-24(7-5-15)16-3-2-14(10-18)11-19-16/h2-3,11-13,15H,4-9H2,1H3. The molecule has 0 atom stereocenters. The molecule has 130 valence electrons. The molecule has 1 amide bonds. The van der Waals surface area contributed by atoms with Crippen molar-refractivity contribution in [3.8, 4) is 6.07 Å². The fourth-order valence-corrected chi connectivity index (χ4v) is 3.02. The second-order valence-corrected chi connectivity index (χ2v) is 6.24. The molecular formula is C17H21N7O.